The second-order valence-electron chi connectivity index (χ2n) is 3.17. The standard InChI is InChI=1S/C12H10O2S3/c13-9-5-1-3-7-11(9)15-17-16-12-8-4-2-6-10(12)14/h1-8,13-14H. The van der Waals surface area contributed by atoms with Crippen LogP contribution in [0.25, 0.3) is 0 Å². The molecule has 0 amide bonds. The maximum atomic E-state index is 9.57. The molecule has 0 radical (unpaired) electrons. The highest BCUT2D eigenvalue weighted by Crippen LogP contribution is 2.48. The smallest absolute Gasteiger partial charge is 0.130 e. The molecule has 5 heteroatoms. The van der Waals surface area contributed by atoms with Gasteiger partial charge in [-0.1, -0.05) is 24.3 Å². The minimum absolute atomic E-state index is 0.280. The first-order valence-corrected chi connectivity index (χ1v) is 8.33. The van der Waals surface area contributed by atoms with E-state index in [2.05, 4.69) is 0 Å². The van der Waals surface area contributed by atoms with Crippen molar-refractivity contribution in [2.24, 2.45) is 0 Å². The second-order valence-corrected chi connectivity index (χ2v) is 7.15. The number of phenols is 2. The summed E-state index contributed by atoms with van der Waals surface area (Å²) in [6, 6.07) is 14.4. The van der Waals surface area contributed by atoms with Crippen LogP contribution in [0.4, 0.5) is 0 Å². The molecule has 17 heavy (non-hydrogen) atoms. The minimum atomic E-state index is 0.280. The quantitative estimate of drug-likeness (QED) is 0.805. The van der Waals surface area contributed by atoms with Crippen LogP contribution in [0.1, 0.15) is 0 Å². The second kappa shape index (κ2) is 6.14. The van der Waals surface area contributed by atoms with E-state index in [4.69, 9.17) is 0 Å². The van der Waals surface area contributed by atoms with Gasteiger partial charge in [0, 0.05) is 0 Å². The Morgan fingerprint density at radius 1 is 0.647 bits per heavy atom. The molecule has 0 aliphatic rings. The van der Waals surface area contributed by atoms with Gasteiger partial charge in [0.05, 0.1) is 9.79 Å². The molecule has 0 aliphatic carbocycles. The van der Waals surface area contributed by atoms with Crippen LogP contribution in [0.15, 0.2) is 58.3 Å². The van der Waals surface area contributed by atoms with Crippen molar-refractivity contribution >= 4 is 31.4 Å². The van der Waals surface area contributed by atoms with E-state index in [-0.39, 0.29) is 11.5 Å². The first kappa shape index (κ1) is 12.5. The Morgan fingerprint density at radius 3 is 1.47 bits per heavy atom. The summed E-state index contributed by atoms with van der Waals surface area (Å²) in [4.78, 5) is 1.64. The molecule has 0 saturated carbocycles. The third-order valence-electron chi connectivity index (χ3n) is 1.98. The van der Waals surface area contributed by atoms with Gasteiger partial charge in [0.1, 0.15) is 11.5 Å². The van der Waals surface area contributed by atoms with Gasteiger partial charge in [-0.05, 0) is 55.7 Å². The molecule has 0 saturated heterocycles. The van der Waals surface area contributed by atoms with Crippen molar-refractivity contribution in [3.63, 3.8) is 0 Å². The van der Waals surface area contributed by atoms with Crippen LogP contribution in [0, 0.1) is 0 Å². The molecule has 0 unspecified atom stereocenters. The van der Waals surface area contributed by atoms with E-state index in [0.717, 1.165) is 9.79 Å². The number of phenolic OH excluding ortho intramolecular Hbond substituents is 2. The first-order chi connectivity index (χ1) is 8.27. The van der Waals surface area contributed by atoms with Crippen LogP contribution < -0.4 is 0 Å². The van der Waals surface area contributed by atoms with Crippen LogP contribution in [-0.4, -0.2) is 10.2 Å². The lowest BCUT2D eigenvalue weighted by atomic mass is 10.3. The number of benzene rings is 2. The average molecular weight is 282 g/mol. The Hall–Kier alpha value is -0.910. The molecule has 2 aromatic rings. The highest BCUT2D eigenvalue weighted by Gasteiger charge is 2.04. The Bertz CT molecular complexity index is 457. The predicted octanol–water partition coefficient (Wildman–Crippen LogP) is 4.55. The fourth-order valence-corrected chi connectivity index (χ4v) is 4.91. The summed E-state index contributed by atoms with van der Waals surface area (Å²) in [5.41, 5.74) is 0. The monoisotopic (exact) mass is 282 g/mol. The summed E-state index contributed by atoms with van der Waals surface area (Å²) < 4.78 is 0. The zero-order valence-electron chi connectivity index (χ0n) is 8.74. The molecule has 0 heterocycles. The molecule has 0 bridgehead atoms. The van der Waals surface area contributed by atoms with Crippen LogP contribution in [0.3, 0.4) is 0 Å². The summed E-state index contributed by atoms with van der Waals surface area (Å²) in [5, 5.41) is 19.1. The number of rotatable bonds is 4. The fourth-order valence-electron chi connectivity index (χ4n) is 1.15. The maximum absolute atomic E-state index is 9.57. The maximum Gasteiger partial charge on any atom is 0.130 e. The van der Waals surface area contributed by atoms with Crippen LogP contribution >= 0.6 is 31.4 Å². The minimum Gasteiger partial charge on any atom is -0.507 e. The number of hydrogen-bond donors (Lipinski definition) is 2. The van der Waals surface area contributed by atoms with Gasteiger partial charge in [-0.3, -0.25) is 0 Å². The van der Waals surface area contributed by atoms with Gasteiger partial charge in [-0.2, -0.15) is 0 Å². The van der Waals surface area contributed by atoms with E-state index >= 15 is 0 Å². The molecular formula is C12H10O2S3. The van der Waals surface area contributed by atoms with E-state index in [1.54, 1.807) is 24.3 Å². The lowest BCUT2D eigenvalue weighted by Gasteiger charge is -2.04. The summed E-state index contributed by atoms with van der Waals surface area (Å²) >= 11 is 0. The molecule has 0 aromatic heterocycles. The SMILES string of the molecule is Oc1ccccc1SSSc1ccccc1O. The predicted molar refractivity (Wildman–Crippen MR) is 75.5 cm³/mol. The van der Waals surface area contributed by atoms with Gasteiger partial charge in [0.15, 0.2) is 0 Å². The Balaban J connectivity index is 1.93. The molecule has 2 rings (SSSR count). The van der Waals surface area contributed by atoms with Crippen molar-refractivity contribution in [2.45, 2.75) is 9.79 Å². The zero-order chi connectivity index (χ0) is 12.1. The zero-order valence-corrected chi connectivity index (χ0v) is 11.2. The summed E-state index contributed by atoms with van der Waals surface area (Å²) in [7, 11) is 4.44. The molecule has 0 spiro atoms. The molecule has 0 aliphatic heterocycles. The van der Waals surface area contributed by atoms with Crippen molar-refractivity contribution < 1.29 is 10.2 Å². The van der Waals surface area contributed by atoms with Gasteiger partial charge >= 0.3 is 0 Å². The Labute approximate surface area is 111 Å². The lowest BCUT2D eigenvalue weighted by molar-refractivity contribution is 0.462. The highest BCUT2D eigenvalue weighted by atomic mass is 33.5. The lowest BCUT2D eigenvalue weighted by Crippen LogP contribution is -1.70. The largest absolute Gasteiger partial charge is 0.507 e. The van der Waals surface area contributed by atoms with E-state index in [9.17, 15) is 10.2 Å². The highest BCUT2D eigenvalue weighted by molar-refractivity contribution is 9.09. The van der Waals surface area contributed by atoms with Gasteiger partial charge in [0.25, 0.3) is 0 Å². The van der Waals surface area contributed by atoms with E-state index in [1.807, 2.05) is 24.3 Å². The fraction of sp³-hybridized carbons (Fsp3) is 0. The molecule has 88 valence electrons. The summed E-state index contributed by atoms with van der Waals surface area (Å²) in [5.74, 6) is 0.561. The van der Waals surface area contributed by atoms with Gasteiger partial charge < -0.3 is 10.2 Å². The topological polar surface area (TPSA) is 40.5 Å². The average Bonchev–Trinajstić information content (AvgIpc) is 2.34. The number of para-hydroxylation sites is 2. The van der Waals surface area contributed by atoms with E-state index in [1.165, 1.54) is 31.4 Å². The number of aromatic hydroxyl groups is 2. The Morgan fingerprint density at radius 2 is 1.06 bits per heavy atom. The van der Waals surface area contributed by atoms with Gasteiger partial charge in [-0.25, -0.2) is 0 Å². The number of hydrogen-bond acceptors (Lipinski definition) is 5. The van der Waals surface area contributed by atoms with Crippen molar-refractivity contribution in [2.75, 3.05) is 0 Å². The molecule has 2 nitrogen and oxygen atoms in total. The van der Waals surface area contributed by atoms with Gasteiger partial charge in [0.2, 0.25) is 0 Å². The normalized spacial score (nSPS) is 10.4. The molecule has 2 N–H and O–H groups in total. The summed E-state index contributed by atoms with van der Waals surface area (Å²) in [6.07, 6.45) is 0. The molecule has 2 aromatic carbocycles. The van der Waals surface area contributed by atoms with Crippen LogP contribution in [-0.2, 0) is 0 Å². The van der Waals surface area contributed by atoms with Crippen LogP contribution in [0.2, 0.25) is 0 Å². The summed E-state index contributed by atoms with van der Waals surface area (Å²) in [6.45, 7) is 0. The van der Waals surface area contributed by atoms with Crippen LogP contribution in [0.5, 0.6) is 11.5 Å². The Kier molecular flexibility index (Phi) is 4.53. The molecule has 0 fully saturated rings. The third kappa shape index (κ3) is 3.52. The van der Waals surface area contributed by atoms with Crippen molar-refractivity contribution in [1.29, 1.82) is 0 Å². The first-order valence-electron chi connectivity index (χ1n) is 4.84. The third-order valence-corrected chi connectivity index (χ3v) is 5.87. The van der Waals surface area contributed by atoms with Crippen molar-refractivity contribution in [3.05, 3.63) is 48.5 Å². The molecular weight excluding hydrogens is 272 g/mol. The van der Waals surface area contributed by atoms with Gasteiger partial charge in [-0.15, -0.1) is 0 Å². The van der Waals surface area contributed by atoms with Crippen molar-refractivity contribution in [1.82, 2.24) is 0 Å². The van der Waals surface area contributed by atoms with Crippen molar-refractivity contribution in [3.8, 4) is 11.5 Å². The van der Waals surface area contributed by atoms with E-state index in [0.29, 0.717) is 0 Å². The molecule has 0 atom stereocenters. The van der Waals surface area contributed by atoms with E-state index < -0.39 is 0 Å².